The Morgan fingerprint density at radius 2 is 1.76 bits per heavy atom. The average Bonchev–Trinajstić information content (AvgIpc) is 2.53. The maximum atomic E-state index is 12.9. The molecule has 0 aliphatic rings. The van der Waals surface area contributed by atoms with Gasteiger partial charge in [-0.15, -0.1) is 0 Å². The van der Waals surface area contributed by atoms with Crippen LogP contribution in [0, 0.1) is 0 Å². The van der Waals surface area contributed by atoms with Crippen LogP contribution in [0.2, 0.25) is 5.02 Å². The van der Waals surface area contributed by atoms with E-state index in [1.165, 1.54) is 24.3 Å². The van der Waals surface area contributed by atoms with Crippen molar-refractivity contribution in [2.45, 2.75) is 11.1 Å². The fourth-order valence-corrected chi connectivity index (χ4v) is 3.82. The molecule has 0 radical (unpaired) electrons. The van der Waals surface area contributed by atoms with E-state index in [1.807, 2.05) is 0 Å². The van der Waals surface area contributed by atoms with Crippen LogP contribution in [0.15, 0.2) is 47.4 Å². The summed E-state index contributed by atoms with van der Waals surface area (Å²) < 4.78 is 64.7. The molecule has 0 fully saturated rings. The number of nitrogens with two attached hydrogens (primary N) is 1. The van der Waals surface area contributed by atoms with Crippen molar-refractivity contribution in [3.63, 3.8) is 0 Å². The molecule has 0 aromatic heterocycles. The van der Waals surface area contributed by atoms with Gasteiger partial charge in [-0.2, -0.15) is 13.2 Å². The molecular formula is C15H12ClF3N2O3S. The van der Waals surface area contributed by atoms with Crippen LogP contribution >= 0.6 is 11.6 Å². The molecular weight excluding hydrogens is 381 g/mol. The van der Waals surface area contributed by atoms with Crippen LogP contribution in [0.4, 0.5) is 18.9 Å². The first-order valence-corrected chi connectivity index (χ1v) is 8.52. The van der Waals surface area contributed by atoms with Gasteiger partial charge in [-0.05, 0) is 30.3 Å². The van der Waals surface area contributed by atoms with Gasteiger partial charge in [-0.1, -0.05) is 23.7 Å². The molecule has 0 atom stereocenters. The predicted molar refractivity (Wildman–Crippen MR) is 87.0 cm³/mol. The second-order valence-corrected chi connectivity index (χ2v) is 7.34. The van der Waals surface area contributed by atoms with E-state index in [4.69, 9.17) is 17.3 Å². The molecule has 0 heterocycles. The van der Waals surface area contributed by atoms with Gasteiger partial charge in [0.1, 0.15) is 4.90 Å². The zero-order valence-corrected chi connectivity index (χ0v) is 14.3. The van der Waals surface area contributed by atoms with Crippen LogP contribution in [0.3, 0.4) is 0 Å². The van der Waals surface area contributed by atoms with Crippen LogP contribution < -0.4 is 10.0 Å². The summed E-state index contributed by atoms with van der Waals surface area (Å²) in [7, 11) is -3.38. The summed E-state index contributed by atoms with van der Waals surface area (Å²) in [5, 5.41) is -0.378. The first-order chi connectivity index (χ1) is 11.5. The molecule has 25 heavy (non-hydrogen) atoms. The predicted octanol–water partition coefficient (Wildman–Crippen LogP) is 3.28. The maximum absolute atomic E-state index is 12.9. The number of anilines is 1. The SMILES string of the molecule is CN(c1ccccc1C(N)=O)S(=O)(=O)c1cc(C(F)(F)F)ccc1Cl. The van der Waals surface area contributed by atoms with Gasteiger partial charge in [0.15, 0.2) is 0 Å². The fourth-order valence-electron chi connectivity index (χ4n) is 2.11. The number of halogens is 4. The van der Waals surface area contributed by atoms with Crippen molar-refractivity contribution in [2.24, 2.45) is 5.73 Å². The quantitative estimate of drug-likeness (QED) is 0.867. The van der Waals surface area contributed by atoms with Crippen LogP contribution in [-0.2, 0) is 16.2 Å². The number of nitrogens with zero attached hydrogens (tertiary/aromatic N) is 1. The number of alkyl halides is 3. The van der Waals surface area contributed by atoms with Crippen LogP contribution in [-0.4, -0.2) is 21.4 Å². The van der Waals surface area contributed by atoms with Crippen molar-refractivity contribution in [1.82, 2.24) is 0 Å². The molecule has 0 spiro atoms. The molecule has 0 unspecified atom stereocenters. The van der Waals surface area contributed by atoms with Gasteiger partial charge in [0.25, 0.3) is 15.9 Å². The van der Waals surface area contributed by atoms with E-state index in [0.29, 0.717) is 16.4 Å². The summed E-state index contributed by atoms with van der Waals surface area (Å²) in [6.07, 6.45) is -4.74. The zero-order chi connectivity index (χ0) is 19.0. The number of hydrogen-bond acceptors (Lipinski definition) is 3. The number of sulfonamides is 1. The molecule has 2 N–H and O–H groups in total. The first-order valence-electron chi connectivity index (χ1n) is 6.70. The monoisotopic (exact) mass is 392 g/mol. The summed E-state index contributed by atoms with van der Waals surface area (Å²) in [5.74, 6) is -0.882. The topological polar surface area (TPSA) is 80.5 Å². The molecule has 0 bridgehead atoms. The highest BCUT2D eigenvalue weighted by Crippen LogP contribution is 2.35. The van der Waals surface area contributed by atoms with E-state index in [-0.39, 0.29) is 16.3 Å². The summed E-state index contributed by atoms with van der Waals surface area (Å²) >= 11 is 5.80. The minimum Gasteiger partial charge on any atom is -0.366 e. The van der Waals surface area contributed by atoms with Gasteiger partial charge in [-0.3, -0.25) is 9.10 Å². The molecule has 134 valence electrons. The van der Waals surface area contributed by atoms with E-state index in [9.17, 15) is 26.4 Å². The normalized spacial score (nSPS) is 12.0. The lowest BCUT2D eigenvalue weighted by molar-refractivity contribution is -0.137. The van der Waals surface area contributed by atoms with Gasteiger partial charge in [-0.25, -0.2) is 8.42 Å². The Morgan fingerprint density at radius 1 is 1.16 bits per heavy atom. The van der Waals surface area contributed by atoms with Crippen molar-refractivity contribution < 1.29 is 26.4 Å². The molecule has 0 aliphatic heterocycles. The van der Waals surface area contributed by atoms with Gasteiger partial charge in [0.05, 0.1) is 21.8 Å². The Labute approximate surface area is 146 Å². The second kappa shape index (κ2) is 6.57. The molecule has 1 amide bonds. The minimum atomic E-state index is -4.74. The molecule has 0 aliphatic carbocycles. The van der Waals surface area contributed by atoms with E-state index < -0.39 is 32.6 Å². The zero-order valence-electron chi connectivity index (χ0n) is 12.7. The lowest BCUT2D eigenvalue weighted by Gasteiger charge is -2.22. The lowest BCUT2D eigenvalue weighted by atomic mass is 10.2. The van der Waals surface area contributed by atoms with E-state index >= 15 is 0 Å². The van der Waals surface area contributed by atoms with Crippen LogP contribution in [0.5, 0.6) is 0 Å². The first kappa shape index (κ1) is 19.1. The number of para-hydroxylation sites is 1. The average molecular weight is 393 g/mol. The number of rotatable bonds is 4. The minimum absolute atomic E-state index is 0.0801. The van der Waals surface area contributed by atoms with Gasteiger partial charge < -0.3 is 5.73 Å². The Hall–Kier alpha value is -2.26. The third kappa shape index (κ3) is 3.72. The van der Waals surface area contributed by atoms with E-state index in [0.717, 1.165) is 13.1 Å². The maximum Gasteiger partial charge on any atom is 0.416 e. The van der Waals surface area contributed by atoms with Crippen molar-refractivity contribution in [2.75, 3.05) is 11.4 Å². The van der Waals surface area contributed by atoms with Crippen molar-refractivity contribution in [1.29, 1.82) is 0 Å². The highest BCUT2D eigenvalue weighted by atomic mass is 35.5. The molecule has 2 aromatic carbocycles. The van der Waals surface area contributed by atoms with Crippen molar-refractivity contribution >= 4 is 33.2 Å². The standard InChI is InChI=1S/C15H12ClF3N2O3S/c1-21(12-5-3-2-4-10(12)14(20)22)25(23,24)13-8-9(15(17,18)19)6-7-11(13)16/h2-8H,1H3,(H2,20,22). The van der Waals surface area contributed by atoms with Gasteiger partial charge in [0, 0.05) is 7.05 Å². The molecule has 10 heteroatoms. The number of hydrogen-bond donors (Lipinski definition) is 1. The van der Waals surface area contributed by atoms with Gasteiger partial charge >= 0.3 is 6.18 Å². The fraction of sp³-hybridized carbons (Fsp3) is 0.133. The molecule has 5 nitrogen and oxygen atoms in total. The van der Waals surface area contributed by atoms with E-state index in [2.05, 4.69) is 0 Å². The number of benzene rings is 2. The Bertz CT molecular complexity index is 930. The van der Waals surface area contributed by atoms with Crippen LogP contribution in [0.25, 0.3) is 0 Å². The summed E-state index contributed by atoms with van der Waals surface area (Å²) in [6, 6.07) is 7.52. The number of carbonyl (C=O) groups excluding carboxylic acids is 1. The summed E-state index contributed by atoms with van der Waals surface area (Å²) in [5.41, 5.74) is 3.87. The smallest absolute Gasteiger partial charge is 0.366 e. The van der Waals surface area contributed by atoms with Crippen LogP contribution in [0.1, 0.15) is 15.9 Å². The number of amides is 1. The molecule has 0 saturated heterocycles. The number of primary amides is 1. The summed E-state index contributed by atoms with van der Waals surface area (Å²) in [4.78, 5) is 10.7. The Kier molecular flexibility index (Phi) is 5.01. The highest BCUT2D eigenvalue weighted by Gasteiger charge is 2.34. The molecule has 0 saturated carbocycles. The van der Waals surface area contributed by atoms with Crippen molar-refractivity contribution in [3.8, 4) is 0 Å². The second-order valence-electron chi connectivity index (χ2n) is 5.00. The summed E-state index contributed by atoms with van der Waals surface area (Å²) in [6.45, 7) is 0. The Balaban J connectivity index is 2.62. The third-order valence-electron chi connectivity index (χ3n) is 3.41. The number of carbonyl (C=O) groups is 1. The molecule has 2 aromatic rings. The molecule has 2 rings (SSSR count). The van der Waals surface area contributed by atoms with E-state index in [1.54, 1.807) is 0 Å². The largest absolute Gasteiger partial charge is 0.416 e. The third-order valence-corrected chi connectivity index (χ3v) is 5.66. The van der Waals surface area contributed by atoms with Crippen molar-refractivity contribution in [3.05, 3.63) is 58.6 Å². The highest BCUT2D eigenvalue weighted by molar-refractivity contribution is 7.93. The van der Waals surface area contributed by atoms with Gasteiger partial charge in [0.2, 0.25) is 0 Å². The lowest BCUT2D eigenvalue weighted by Crippen LogP contribution is -2.29. The Morgan fingerprint density at radius 3 is 2.32 bits per heavy atom.